The molecule has 1 aliphatic rings. The molecule has 98 valence electrons. The van der Waals surface area contributed by atoms with Crippen molar-refractivity contribution < 1.29 is 18.0 Å². The lowest BCUT2D eigenvalue weighted by molar-refractivity contribution is 0.0937. The van der Waals surface area contributed by atoms with E-state index in [0.717, 1.165) is 19.3 Å². The van der Waals surface area contributed by atoms with Crippen LogP contribution in [0.3, 0.4) is 0 Å². The summed E-state index contributed by atoms with van der Waals surface area (Å²) < 4.78 is 38.7. The standard InChI is InChI=1S/C12H11BrF3NO/c13-7-2-1-3-10(7)17-12(18)6-4-8(14)11(16)9(15)5-6/h4-5,7,10H,1-3H2,(H,17,18). The first-order valence-electron chi connectivity index (χ1n) is 5.58. The summed E-state index contributed by atoms with van der Waals surface area (Å²) in [5, 5.41) is 2.68. The van der Waals surface area contributed by atoms with Crippen LogP contribution in [0.2, 0.25) is 0 Å². The van der Waals surface area contributed by atoms with Crippen molar-refractivity contribution in [2.24, 2.45) is 0 Å². The molecule has 0 heterocycles. The van der Waals surface area contributed by atoms with Gasteiger partial charge in [0.15, 0.2) is 17.5 Å². The third kappa shape index (κ3) is 2.68. The summed E-state index contributed by atoms with van der Waals surface area (Å²) in [5.74, 6) is -4.88. The van der Waals surface area contributed by atoms with Crippen molar-refractivity contribution in [3.8, 4) is 0 Å². The number of hydrogen-bond acceptors (Lipinski definition) is 1. The molecule has 1 amide bonds. The highest BCUT2D eigenvalue weighted by Gasteiger charge is 2.27. The fourth-order valence-electron chi connectivity index (χ4n) is 2.02. The van der Waals surface area contributed by atoms with Gasteiger partial charge in [0, 0.05) is 16.4 Å². The molecule has 1 aliphatic carbocycles. The molecule has 1 N–H and O–H groups in total. The Bertz CT molecular complexity index is 457. The van der Waals surface area contributed by atoms with Crippen molar-refractivity contribution >= 4 is 21.8 Å². The molecule has 2 atom stereocenters. The molecule has 1 aromatic rings. The number of benzene rings is 1. The number of halogens is 4. The van der Waals surface area contributed by atoms with Gasteiger partial charge in [0.25, 0.3) is 5.91 Å². The van der Waals surface area contributed by atoms with E-state index in [9.17, 15) is 18.0 Å². The first-order valence-corrected chi connectivity index (χ1v) is 6.50. The predicted molar refractivity (Wildman–Crippen MR) is 64.1 cm³/mol. The second-order valence-electron chi connectivity index (χ2n) is 4.28. The van der Waals surface area contributed by atoms with Gasteiger partial charge in [-0.2, -0.15) is 0 Å². The summed E-state index contributed by atoms with van der Waals surface area (Å²) >= 11 is 3.42. The third-order valence-corrected chi connectivity index (χ3v) is 4.09. The van der Waals surface area contributed by atoms with Crippen molar-refractivity contribution in [1.29, 1.82) is 0 Å². The molecule has 1 fully saturated rings. The summed E-state index contributed by atoms with van der Waals surface area (Å²) in [4.78, 5) is 11.9. The second kappa shape index (κ2) is 5.30. The number of hydrogen-bond donors (Lipinski definition) is 1. The van der Waals surface area contributed by atoms with Gasteiger partial charge in [-0.05, 0) is 25.0 Å². The number of carbonyl (C=O) groups is 1. The minimum absolute atomic E-state index is 0.0614. The molecular formula is C12H11BrF3NO. The van der Waals surface area contributed by atoms with Crippen molar-refractivity contribution in [2.45, 2.75) is 30.1 Å². The highest BCUT2D eigenvalue weighted by molar-refractivity contribution is 9.09. The van der Waals surface area contributed by atoms with Gasteiger partial charge < -0.3 is 5.32 Å². The third-order valence-electron chi connectivity index (χ3n) is 2.99. The normalized spacial score (nSPS) is 23.1. The molecule has 1 aromatic carbocycles. The average molecular weight is 322 g/mol. The van der Waals surface area contributed by atoms with Crippen LogP contribution in [-0.2, 0) is 0 Å². The molecular weight excluding hydrogens is 311 g/mol. The second-order valence-corrected chi connectivity index (χ2v) is 5.46. The number of alkyl halides is 1. The lowest BCUT2D eigenvalue weighted by Crippen LogP contribution is -2.37. The average Bonchev–Trinajstić information content (AvgIpc) is 2.71. The highest BCUT2D eigenvalue weighted by Crippen LogP contribution is 2.26. The summed E-state index contributed by atoms with van der Waals surface area (Å²) in [6, 6.07) is 1.34. The van der Waals surface area contributed by atoms with Gasteiger partial charge in [-0.15, -0.1) is 0 Å². The molecule has 0 spiro atoms. The Kier molecular flexibility index (Phi) is 3.94. The molecule has 1 saturated carbocycles. The number of carbonyl (C=O) groups excluding carboxylic acids is 1. The molecule has 0 aliphatic heterocycles. The van der Waals surface area contributed by atoms with Crippen LogP contribution in [-0.4, -0.2) is 16.8 Å². The zero-order valence-corrected chi connectivity index (χ0v) is 10.9. The molecule has 2 rings (SSSR count). The zero-order valence-electron chi connectivity index (χ0n) is 9.35. The van der Waals surface area contributed by atoms with Crippen molar-refractivity contribution in [2.75, 3.05) is 0 Å². The first kappa shape index (κ1) is 13.4. The van der Waals surface area contributed by atoms with Gasteiger partial charge in [0.1, 0.15) is 0 Å². The lowest BCUT2D eigenvalue weighted by atomic mass is 10.1. The molecule has 6 heteroatoms. The monoisotopic (exact) mass is 321 g/mol. The van der Waals surface area contributed by atoms with E-state index in [1.54, 1.807) is 0 Å². The van der Waals surface area contributed by atoms with Crippen LogP contribution in [0.15, 0.2) is 12.1 Å². The maximum Gasteiger partial charge on any atom is 0.251 e. The fraction of sp³-hybridized carbons (Fsp3) is 0.417. The Balaban J connectivity index is 2.14. The van der Waals surface area contributed by atoms with Gasteiger partial charge in [-0.3, -0.25) is 4.79 Å². The predicted octanol–water partition coefficient (Wildman–Crippen LogP) is 3.15. The van der Waals surface area contributed by atoms with Crippen LogP contribution in [0.1, 0.15) is 29.6 Å². The first-order chi connectivity index (χ1) is 8.49. The molecule has 0 saturated heterocycles. The number of nitrogens with one attached hydrogen (secondary N) is 1. The van der Waals surface area contributed by atoms with Crippen LogP contribution in [0.25, 0.3) is 0 Å². The molecule has 0 radical (unpaired) electrons. The van der Waals surface area contributed by atoms with E-state index in [2.05, 4.69) is 21.2 Å². The summed E-state index contributed by atoms with van der Waals surface area (Å²) in [6.45, 7) is 0. The topological polar surface area (TPSA) is 29.1 Å². The maximum atomic E-state index is 13.0. The fourth-order valence-corrected chi connectivity index (χ4v) is 2.74. The largest absolute Gasteiger partial charge is 0.348 e. The van der Waals surface area contributed by atoms with E-state index in [-0.39, 0.29) is 16.4 Å². The van der Waals surface area contributed by atoms with Gasteiger partial charge in [0.2, 0.25) is 0 Å². The Morgan fingerprint density at radius 3 is 2.33 bits per heavy atom. The summed E-state index contributed by atoms with van der Waals surface area (Å²) in [5.41, 5.74) is -0.210. The van der Waals surface area contributed by atoms with E-state index in [0.29, 0.717) is 12.1 Å². The Hall–Kier alpha value is -1.04. The van der Waals surface area contributed by atoms with Crippen molar-refractivity contribution in [1.82, 2.24) is 5.32 Å². The van der Waals surface area contributed by atoms with Crippen LogP contribution in [0.5, 0.6) is 0 Å². The van der Waals surface area contributed by atoms with Crippen LogP contribution in [0.4, 0.5) is 13.2 Å². The van der Waals surface area contributed by atoms with Gasteiger partial charge in [0.05, 0.1) is 0 Å². The van der Waals surface area contributed by atoms with Crippen molar-refractivity contribution in [3.05, 3.63) is 35.1 Å². The number of rotatable bonds is 2. The number of amides is 1. The molecule has 18 heavy (non-hydrogen) atoms. The highest BCUT2D eigenvalue weighted by atomic mass is 79.9. The van der Waals surface area contributed by atoms with E-state index < -0.39 is 23.4 Å². The Labute approximate surface area is 111 Å². The molecule has 2 unspecified atom stereocenters. The quantitative estimate of drug-likeness (QED) is 0.658. The summed E-state index contributed by atoms with van der Waals surface area (Å²) in [6.07, 6.45) is 2.73. The van der Waals surface area contributed by atoms with E-state index in [1.165, 1.54) is 0 Å². The lowest BCUT2D eigenvalue weighted by Gasteiger charge is -2.16. The van der Waals surface area contributed by atoms with E-state index in [1.807, 2.05) is 0 Å². The minimum atomic E-state index is -1.56. The Morgan fingerprint density at radius 1 is 1.22 bits per heavy atom. The Morgan fingerprint density at radius 2 is 1.83 bits per heavy atom. The molecule has 2 nitrogen and oxygen atoms in total. The maximum absolute atomic E-state index is 13.0. The van der Waals surface area contributed by atoms with Gasteiger partial charge in [-0.25, -0.2) is 13.2 Å². The van der Waals surface area contributed by atoms with Crippen molar-refractivity contribution in [3.63, 3.8) is 0 Å². The van der Waals surface area contributed by atoms with Crippen LogP contribution < -0.4 is 5.32 Å². The summed E-state index contributed by atoms with van der Waals surface area (Å²) in [7, 11) is 0. The molecule has 0 aromatic heterocycles. The van der Waals surface area contributed by atoms with Crippen LogP contribution >= 0.6 is 15.9 Å². The van der Waals surface area contributed by atoms with Gasteiger partial charge >= 0.3 is 0 Å². The SMILES string of the molecule is O=C(NC1CCCC1Br)c1cc(F)c(F)c(F)c1. The van der Waals surface area contributed by atoms with Crippen LogP contribution in [0, 0.1) is 17.5 Å². The van der Waals surface area contributed by atoms with E-state index in [4.69, 9.17) is 0 Å². The van der Waals surface area contributed by atoms with Gasteiger partial charge in [-0.1, -0.05) is 22.4 Å². The molecule has 0 bridgehead atoms. The zero-order chi connectivity index (χ0) is 13.3. The van der Waals surface area contributed by atoms with E-state index >= 15 is 0 Å². The minimum Gasteiger partial charge on any atom is -0.348 e. The smallest absolute Gasteiger partial charge is 0.251 e.